The summed E-state index contributed by atoms with van der Waals surface area (Å²) in [6.45, 7) is 0. The molecule has 1 fully saturated rings. The topological polar surface area (TPSA) is 9.23 Å². The molecular formula is C24H26OSi. The van der Waals surface area contributed by atoms with Crippen LogP contribution >= 0.6 is 0 Å². The van der Waals surface area contributed by atoms with Crippen LogP contribution in [-0.4, -0.2) is 16.1 Å². The molecule has 2 atom stereocenters. The second-order valence-corrected chi connectivity index (χ2v) is 8.38. The summed E-state index contributed by atoms with van der Waals surface area (Å²) in [5.41, 5.74) is 5.50. The third-order valence-electron chi connectivity index (χ3n) is 6.92. The van der Waals surface area contributed by atoms with Crippen LogP contribution in [0, 0.1) is 5.92 Å². The highest BCUT2D eigenvalue weighted by atomic mass is 28.2. The van der Waals surface area contributed by atoms with Gasteiger partial charge in [0.2, 0.25) is 0 Å². The van der Waals surface area contributed by atoms with Gasteiger partial charge >= 0.3 is 0 Å². The van der Waals surface area contributed by atoms with Gasteiger partial charge in [-0.1, -0.05) is 85.7 Å². The molecule has 0 aliphatic heterocycles. The van der Waals surface area contributed by atoms with Gasteiger partial charge in [-0.25, -0.2) is 0 Å². The number of hydrogen-bond acceptors (Lipinski definition) is 1. The van der Waals surface area contributed by atoms with Crippen molar-refractivity contribution in [2.75, 3.05) is 0 Å². The van der Waals surface area contributed by atoms with Gasteiger partial charge < -0.3 is 4.43 Å². The fourth-order valence-electron chi connectivity index (χ4n) is 5.78. The Hall–Kier alpha value is -1.90. The van der Waals surface area contributed by atoms with E-state index in [1.807, 2.05) is 0 Å². The smallest absolute Gasteiger partial charge is 0.146 e. The molecule has 2 aromatic rings. The first kappa shape index (κ1) is 16.3. The summed E-state index contributed by atoms with van der Waals surface area (Å²) in [5.74, 6) is 1.32. The van der Waals surface area contributed by atoms with Crippen LogP contribution in [0.5, 0.6) is 0 Å². The average molecular weight is 359 g/mol. The predicted molar refractivity (Wildman–Crippen MR) is 112 cm³/mol. The van der Waals surface area contributed by atoms with Crippen LogP contribution in [-0.2, 0) is 4.43 Å². The maximum absolute atomic E-state index is 6.74. The molecule has 26 heavy (non-hydrogen) atoms. The molecule has 1 saturated carbocycles. The molecule has 0 saturated heterocycles. The lowest BCUT2D eigenvalue weighted by atomic mass is 9.65. The Morgan fingerprint density at radius 1 is 0.769 bits per heavy atom. The fourth-order valence-corrected chi connectivity index (χ4v) is 6.63. The third kappa shape index (κ3) is 2.25. The Bertz CT molecular complexity index is 814. The van der Waals surface area contributed by atoms with E-state index in [1.165, 1.54) is 47.9 Å². The Morgan fingerprint density at radius 2 is 1.27 bits per heavy atom. The third-order valence-corrected chi connectivity index (χ3v) is 7.62. The van der Waals surface area contributed by atoms with E-state index in [1.54, 1.807) is 0 Å². The van der Waals surface area contributed by atoms with Crippen LogP contribution in [0.15, 0.2) is 60.7 Å². The number of rotatable bonds is 4. The highest BCUT2D eigenvalue weighted by molar-refractivity contribution is 5.98. The van der Waals surface area contributed by atoms with Gasteiger partial charge in [0.1, 0.15) is 10.5 Å². The summed E-state index contributed by atoms with van der Waals surface area (Å²) in [6.07, 6.45) is 14.7. The lowest BCUT2D eigenvalue weighted by molar-refractivity contribution is -0.00877. The summed E-state index contributed by atoms with van der Waals surface area (Å²) in [7, 11) is 0.766. The molecule has 0 heterocycles. The molecule has 0 bridgehead atoms. The number of benzene rings is 2. The van der Waals surface area contributed by atoms with Crippen molar-refractivity contribution in [3.8, 4) is 0 Å². The maximum Gasteiger partial charge on any atom is 0.146 e. The van der Waals surface area contributed by atoms with E-state index in [0.717, 1.165) is 10.5 Å². The molecule has 0 amide bonds. The van der Waals surface area contributed by atoms with E-state index in [9.17, 15) is 0 Å². The van der Waals surface area contributed by atoms with Crippen LogP contribution in [0.25, 0.3) is 12.2 Å². The van der Waals surface area contributed by atoms with Crippen molar-refractivity contribution >= 4 is 22.6 Å². The molecule has 0 radical (unpaired) electrons. The summed E-state index contributed by atoms with van der Waals surface area (Å²) >= 11 is 0. The van der Waals surface area contributed by atoms with E-state index >= 15 is 0 Å². The molecule has 0 spiro atoms. The van der Waals surface area contributed by atoms with Gasteiger partial charge in [-0.2, -0.15) is 0 Å². The monoisotopic (exact) mass is 358 g/mol. The lowest BCUT2D eigenvalue weighted by Gasteiger charge is -2.47. The molecule has 3 aliphatic carbocycles. The van der Waals surface area contributed by atoms with Gasteiger partial charge in [0, 0.05) is 11.8 Å². The molecule has 132 valence electrons. The van der Waals surface area contributed by atoms with E-state index in [2.05, 4.69) is 72.8 Å². The summed E-state index contributed by atoms with van der Waals surface area (Å²) in [6, 6.07) is 17.8. The van der Waals surface area contributed by atoms with Crippen molar-refractivity contribution in [2.45, 2.75) is 43.1 Å². The van der Waals surface area contributed by atoms with Crippen molar-refractivity contribution in [1.29, 1.82) is 0 Å². The molecule has 2 heteroatoms. The van der Waals surface area contributed by atoms with Gasteiger partial charge in [0.15, 0.2) is 0 Å². The highest BCUT2D eigenvalue weighted by Crippen LogP contribution is 2.56. The average Bonchev–Trinajstić information content (AvgIpc) is 3.44. The summed E-state index contributed by atoms with van der Waals surface area (Å²) < 4.78 is 6.74. The Labute approximate surface area is 159 Å². The number of hydrogen-bond donors (Lipinski definition) is 0. The Balaban J connectivity index is 1.68. The molecule has 1 nitrogen and oxygen atoms in total. The lowest BCUT2D eigenvalue weighted by Crippen LogP contribution is -2.48. The van der Waals surface area contributed by atoms with Gasteiger partial charge in [0.25, 0.3) is 0 Å². The maximum atomic E-state index is 6.74. The predicted octanol–water partition coefficient (Wildman–Crippen LogP) is 4.83. The first-order valence-corrected chi connectivity index (χ1v) is 10.8. The molecule has 0 aromatic heterocycles. The van der Waals surface area contributed by atoms with Crippen LogP contribution < -0.4 is 0 Å². The molecular weight excluding hydrogens is 332 g/mol. The van der Waals surface area contributed by atoms with Crippen molar-refractivity contribution < 1.29 is 4.43 Å². The van der Waals surface area contributed by atoms with Gasteiger partial charge in [-0.05, 0) is 41.0 Å². The van der Waals surface area contributed by atoms with E-state index in [0.29, 0.717) is 17.8 Å². The van der Waals surface area contributed by atoms with Crippen LogP contribution in [0.1, 0.15) is 59.8 Å². The van der Waals surface area contributed by atoms with Crippen molar-refractivity contribution in [3.63, 3.8) is 0 Å². The van der Waals surface area contributed by atoms with Gasteiger partial charge in [-0.15, -0.1) is 0 Å². The van der Waals surface area contributed by atoms with E-state index < -0.39 is 0 Å². The normalized spacial score (nSPS) is 26.2. The van der Waals surface area contributed by atoms with Gasteiger partial charge in [-0.3, -0.25) is 0 Å². The molecule has 0 N–H and O–H groups in total. The zero-order chi connectivity index (χ0) is 17.6. The summed E-state index contributed by atoms with van der Waals surface area (Å²) in [4.78, 5) is 0. The minimum Gasteiger partial charge on any atom is -0.420 e. The second kappa shape index (κ2) is 6.36. The minimum absolute atomic E-state index is 0.144. The van der Waals surface area contributed by atoms with Gasteiger partial charge in [0.05, 0.1) is 5.60 Å². The zero-order valence-corrected chi connectivity index (χ0v) is 17.4. The van der Waals surface area contributed by atoms with E-state index in [4.69, 9.17) is 4.43 Å². The SMILES string of the molecule is [SiH3]OC(C1CCCC1)(C1C=Cc2ccccc21)C1C=Cc2ccccc21. The summed E-state index contributed by atoms with van der Waals surface area (Å²) in [5, 5.41) is 0. The fraction of sp³-hybridized carbons (Fsp3) is 0.333. The standard InChI is InChI=1S/C24H26OSi/c26-25-24(19-9-3-4-10-19,22-15-13-17-7-1-5-11-20(17)22)23-16-14-18-8-2-6-12-21(18)23/h1-2,5-8,11-16,19,22-23H,3-4,9-10H2,26H3. The van der Waals surface area contributed by atoms with Crippen LogP contribution in [0.3, 0.4) is 0 Å². The first-order chi connectivity index (χ1) is 12.8. The van der Waals surface area contributed by atoms with Crippen molar-refractivity contribution in [2.24, 2.45) is 5.92 Å². The largest absolute Gasteiger partial charge is 0.420 e. The first-order valence-electron chi connectivity index (χ1n) is 9.94. The molecule has 2 unspecified atom stereocenters. The number of fused-ring (bicyclic) bond motifs is 2. The van der Waals surface area contributed by atoms with Crippen LogP contribution in [0.2, 0.25) is 0 Å². The molecule has 3 aliphatic rings. The quantitative estimate of drug-likeness (QED) is 0.711. The minimum atomic E-state index is -0.144. The Kier molecular flexibility index (Phi) is 3.99. The van der Waals surface area contributed by atoms with E-state index in [-0.39, 0.29) is 5.60 Å². The van der Waals surface area contributed by atoms with Crippen LogP contribution in [0.4, 0.5) is 0 Å². The van der Waals surface area contributed by atoms with Crippen molar-refractivity contribution in [1.82, 2.24) is 0 Å². The second-order valence-electron chi connectivity index (χ2n) is 7.97. The zero-order valence-electron chi connectivity index (χ0n) is 15.4. The Morgan fingerprint density at radius 3 is 1.77 bits per heavy atom. The molecule has 2 aromatic carbocycles. The highest BCUT2D eigenvalue weighted by Gasteiger charge is 2.53. The molecule has 5 rings (SSSR count). The van der Waals surface area contributed by atoms with Crippen molar-refractivity contribution in [3.05, 3.63) is 82.9 Å².